The Labute approximate surface area is 156 Å². The first kappa shape index (κ1) is 20.9. The predicted octanol–water partition coefficient (Wildman–Crippen LogP) is 0.297. The molecule has 7 nitrogen and oxygen atoms in total. The van der Waals surface area contributed by atoms with Gasteiger partial charge < -0.3 is 24.8 Å². The Morgan fingerprint density at radius 2 is 2.00 bits per heavy atom. The zero-order chi connectivity index (χ0) is 15.5. The molecule has 2 N–H and O–H groups in total. The monoisotopic (exact) mass is 442 g/mol. The molecule has 2 saturated heterocycles. The number of ether oxygens (including phenoxy) is 3. The Bertz CT molecular complexity index is 322. The second kappa shape index (κ2) is 13.2. The third-order valence-corrected chi connectivity index (χ3v) is 3.91. The van der Waals surface area contributed by atoms with Crippen molar-refractivity contribution in [2.45, 2.75) is 18.9 Å². The van der Waals surface area contributed by atoms with E-state index in [1.807, 2.05) is 0 Å². The molecule has 0 aromatic heterocycles. The number of hydrogen-bond donors (Lipinski definition) is 2. The highest BCUT2D eigenvalue weighted by molar-refractivity contribution is 14.0. The molecule has 8 heteroatoms. The first-order valence-corrected chi connectivity index (χ1v) is 8.32. The molecule has 0 amide bonds. The Morgan fingerprint density at radius 1 is 1.22 bits per heavy atom. The van der Waals surface area contributed by atoms with E-state index < -0.39 is 0 Å². The number of aliphatic imine (C=N–C) groups is 1. The van der Waals surface area contributed by atoms with Gasteiger partial charge in [0.2, 0.25) is 0 Å². The molecule has 0 radical (unpaired) electrons. The summed E-state index contributed by atoms with van der Waals surface area (Å²) < 4.78 is 16.5. The normalized spacial score (nSPS) is 22.7. The highest BCUT2D eigenvalue weighted by Gasteiger charge is 2.15. The van der Waals surface area contributed by atoms with Crippen molar-refractivity contribution in [2.75, 3.05) is 72.8 Å². The van der Waals surface area contributed by atoms with Crippen molar-refractivity contribution in [1.82, 2.24) is 15.5 Å². The summed E-state index contributed by atoms with van der Waals surface area (Å²) >= 11 is 0. The molecule has 2 heterocycles. The van der Waals surface area contributed by atoms with Gasteiger partial charge in [0.25, 0.3) is 0 Å². The van der Waals surface area contributed by atoms with Crippen LogP contribution in [0, 0.1) is 0 Å². The van der Waals surface area contributed by atoms with E-state index in [1.165, 1.54) is 0 Å². The Kier molecular flexibility index (Phi) is 12.0. The van der Waals surface area contributed by atoms with Crippen LogP contribution in [0.2, 0.25) is 0 Å². The van der Waals surface area contributed by atoms with Crippen LogP contribution >= 0.6 is 24.0 Å². The van der Waals surface area contributed by atoms with Gasteiger partial charge in [-0.15, -0.1) is 24.0 Å². The minimum absolute atomic E-state index is 0. The number of rotatable bonds is 8. The van der Waals surface area contributed by atoms with Gasteiger partial charge in [-0.05, 0) is 12.8 Å². The lowest BCUT2D eigenvalue weighted by molar-refractivity contribution is 0.0191. The number of hydrogen-bond acceptors (Lipinski definition) is 5. The zero-order valence-electron chi connectivity index (χ0n) is 14.1. The Morgan fingerprint density at radius 3 is 2.70 bits per heavy atom. The molecule has 2 aliphatic rings. The van der Waals surface area contributed by atoms with Crippen molar-refractivity contribution in [3.05, 3.63) is 0 Å². The Hall–Kier alpha value is -0.160. The van der Waals surface area contributed by atoms with Gasteiger partial charge in [0.05, 0.1) is 32.5 Å². The minimum atomic E-state index is 0. The summed E-state index contributed by atoms with van der Waals surface area (Å²) in [6.07, 6.45) is 2.58. The lowest BCUT2D eigenvalue weighted by Gasteiger charge is -2.26. The van der Waals surface area contributed by atoms with Crippen molar-refractivity contribution in [3.8, 4) is 0 Å². The molecule has 0 saturated carbocycles. The molecule has 23 heavy (non-hydrogen) atoms. The van der Waals surface area contributed by atoms with Crippen molar-refractivity contribution in [2.24, 2.45) is 4.99 Å². The van der Waals surface area contributed by atoms with E-state index in [4.69, 9.17) is 14.2 Å². The Balaban J connectivity index is 0.00000264. The maximum absolute atomic E-state index is 5.62. The van der Waals surface area contributed by atoms with Crippen LogP contribution in [0.5, 0.6) is 0 Å². The summed E-state index contributed by atoms with van der Waals surface area (Å²) in [5, 5.41) is 6.59. The van der Waals surface area contributed by atoms with Crippen LogP contribution in [0.15, 0.2) is 4.99 Å². The SMILES string of the molecule is CN=C(NCCOCC1CCCO1)NCCN1CCOCC1.I. The van der Waals surface area contributed by atoms with Crippen molar-refractivity contribution >= 4 is 29.9 Å². The topological polar surface area (TPSA) is 67.4 Å². The van der Waals surface area contributed by atoms with Gasteiger partial charge in [-0.1, -0.05) is 0 Å². The maximum Gasteiger partial charge on any atom is 0.191 e. The molecule has 2 rings (SSSR count). The second-order valence-corrected chi connectivity index (χ2v) is 5.59. The van der Waals surface area contributed by atoms with Crippen molar-refractivity contribution in [3.63, 3.8) is 0 Å². The van der Waals surface area contributed by atoms with Gasteiger partial charge >= 0.3 is 0 Å². The second-order valence-electron chi connectivity index (χ2n) is 5.59. The quantitative estimate of drug-likeness (QED) is 0.244. The zero-order valence-corrected chi connectivity index (χ0v) is 16.4. The molecular weight excluding hydrogens is 411 g/mol. The molecule has 0 bridgehead atoms. The molecule has 2 fully saturated rings. The average molecular weight is 442 g/mol. The number of nitrogens with zero attached hydrogens (tertiary/aromatic N) is 2. The van der Waals surface area contributed by atoms with Gasteiger partial charge in [0.15, 0.2) is 5.96 Å². The molecule has 1 atom stereocenters. The third-order valence-electron chi connectivity index (χ3n) is 3.91. The molecule has 0 aromatic carbocycles. The fourth-order valence-electron chi connectivity index (χ4n) is 2.61. The number of morpholine rings is 1. The molecule has 0 aliphatic carbocycles. The summed E-state index contributed by atoms with van der Waals surface area (Å²) in [4.78, 5) is 6.61. The minimum Gasteiger partial charge on any atom is -0.379 e. The largest absolute Gasteiger partial charge is 0.379 e. The number of halogens is 1. The molecular formula is C15H31IN4O3. The van der Waals surface area contributed by atoms with E-state index >= 15 is 0 Å². The van der Waals surface area contributed by atoms with Crippen molar-refractivity contribution < 1.29 is 14.2 Å². The standard InChI is InChI=1S/C15H30N4O3.HI/c1-16-15(17-4-6-19-7-11-20-12-8-19)18-5-10-21-13-14-3-2-9-22-14;/h14H,2-13H2,1H3,(H2,16,17,18);1H. The summed E-state index contributed by atoms with van der Waals surface area (Å²) in [7, 11) is 1.79. The van der Waals surface area contributed by atoms with Gasteiger partial charge in [0, 0.05) is 46.4 Å². The van der Waals surface area contributed by atoms with E-state index in [0.717, 1.165) is 71.3 Å². The molecule has 0 spiro atoms. The molecule has 2 aliphatic heterocycles. The smallest absolute Gasteiger partial charge is 0.191 e. The molecule has 0 aromatic rings. The summed E-state index contributed by atoms with van der Waals surface area (Å²) in [6, 6.07) is 0. The maximum atomic E-state index is 5.62. The number of guanidine groups is 1. The van der Waals surface area contributed by atoms with E-state index in [0.29, 0.717) is 19.3 Å². The highest BCUT2D eigenvalue weighted by Crippen LogP contribution is 2.11. The number of nitrogens with one attached hydrogen (secondary N) is 2. The summed E-state index contributed by atoms with van der Waals surface area (Å²) in [5.41, 5.74) is 0. The van der Waals surface area contributed by atoms with Crippen LogP contribution in [0.25, 0.3) is 0 Å². The lowest BCUT2D eigenvalue weighted by atomic mass is 10.2. The van der Waals surface area contributed by atoms with Gasteiger partial charge in [-0.3, -0.25) is 9.89 Å². The summed E-state index contributed by atoms with van der Waals surface area (Å²) in [5.74, 6) is 0.828. The van der Waals surface area contributed by atoms with Crippen LogP contribution in [0.1, 0.15) is 12.8 Å². The lowest BCUT2D eigenvalue weighted by Crippen LogP contribution is -2.45. The average Bonchev–Trinajstić information content (AvgIpc) is 3.07. The first-order chi connectivity index (χ1) is 10.9. The molecule has 1 unspecified atom stereocenters. The van der Waals surface area contributed by atoms with Crippen LogP contribution in [0.3, 0.4) is 0 Å². The van der Waals surface area contributed by atoms with Crippen LogP contribution < -0.4 is 10.6 Å². The van der Waals surface area contributed by atoms with E-state index in [9.17, 15) is 0 Å². The van der Waals surface area contributed by atoms with Gasteiger partial charge in [0.1, 0.15) is 0 Å². The molecule has 136 valence electrons. The highest BCUT2D eigenvalue weighted by atomic mass is 127. The van der Waals surface area contributed by atoms with Gasteiger partial charge in [-0.25, -0.2) is 0 Å². The van der Waals surface area contributed by atoms with Gasteiger partial charge in [-0.2, -0.15) is 0 Å². The van der Waals surface area contributed by atoms with Crippen LogP contribution in [0.4, 0.5) is 0 Å². The van der Waals surface area contributed by atoms with E-state index in [-0.39, 0.29) is 24.0 Å². The van der Waals surface area contributed by atoms with E-state index in [2.05, 4.69) is 20.5 Å². The summed E-state index contributed by atoms with van der Waals surface area (Å²) in [6.45, 7) is 8.63. The fraction of sp³-hybridized carbons (Fsp3) is 0.933. The van der Waals surface area contributed by atoms with E-state index in [1.54, 1.807) is 7.05 Å². The van der Waals surface area contributed by atoms with Crippen molar-refractivity contribution in [1.29, 1.82) is 0 Å². The van der Waals surface area contributed by atoms with Crippen LogP contribution in [-0.2, 0) is 14.2 Å². The third kappa shape index (κ3) is 9.04. The first-order valence-electron chi connectivity index (χ1n) is 8.32. The van der Waals surface area contributed by atoms with Crippen LogP contribution in [-0.4, -0.2) is 89.8 Å². The predicted molar refractivity (Wildman–Crippen MR) is 102 cm³/mol. The fourth-order valence-corrected chi connectivity index (χ4v) is 2.61.